The highest BCUT2D eigenvalue weighted by molar-refractivity contribution is 9.10. The standard InChI is InChI=1S/C20H18BrNO2S/c21-15-7-3-6-14(11-15)19(22-10-4-8-16(22)20(23)24)18-12-13-5-1-2-9-17(13)25-18/h1-3,5-7,9,11-12,16,19H,4,8,10H2,(H,23,24). The fraction of sp³-hybridized carbons (Fsp3) is 0.250. The Balaban J connectivity index is 1.84. The molecule has 2 unspecified atom stereocenters. The molecule has 0 bridgehead atoms. The molecular formula is C20H18BrNO2S. The van der Waals surface area contributed by atoms with Crippen LogP contribution >= 0.6 is 27.3 Å². The number of carboxylic acid groups (broad SMARTS) is 1. The summed E-state index contributed by atoms with van der Waals surface area (Å²) in [5, 5.41) is 10.9. The van der Waals surface area contributed by atoms with Crippen molar-refractivity contribution in [2.45, 2.75) is 24.9 Å². The lowest BCUT2D eigenvalue weighted by atomic mass is 10.0. The number of aliphatic carboxylic acids is 1. The number of hydrogen-bond acceptors (Lipinski definition) is 3. The number of hydrogen-bond donors (Lipinski definition) is 1. The third-order valence-electron chi connectivity index (χ3n) is 4.79. The monoisotopic (exact) mass is 415 g/mol. The number of likely N-dealkylation sites (tertiary alicyclic amines) is 1. The average molecular weight is 416 g/mol. The van der Waals surface area contributed by atoms with Crippen LogP contribution in [0.3, 0.4) is 0 Å². The number of carboxylic acids is 1. The lowest BCUT2D eigenvalue weighted by Crippen LogP contribution is -2.39. The van der Waals surface area contributed by atoms with Crippen molar-refractivity contribution in [2.75, 3.05) is 6.54 Å². The summed E-state index contributed by atoms with van der Waals surface area (Å²) in [6.45, 7) is 0.808. The van der Waals surface area contributed by atoms with Crippen LogP contribution in [0.4, 0.5) is 0 Å². The van der Waals surface area contributed by atoms with E-state index in [0.29, 0.717) is 6.42 Å². The molecule has 2 heterocycles. The number of thiophene rings is 1. The SMILES string of the molecule is O=C(O)C1CCCN1C(c1cccc(Br)c1)c1cc2ccccc2s1. The van der Waals surface area contributed by atoms with Gasteiger partial charge in [-0.1, -0.05) is 46.3 Å². The zero-order valence-electron chi connectivity index (χ0n) is 13.6. The van der Waals surface area contributed by atoms with Crippen molar-refractivity contribution in [3.05, 3.63) is 69.5 Å². The fourth-order valence-electron chi connectivity index (χ4n) is 3.70. The van der Waals surface area contributed by atoms with Crippen LogP contribution in [0.25, 0.3) is 10.1 Å². The molecule has 1 saturated heterocycles. The summed E-state index contributed by atoms with van der Waals surface area (Å²) in [4.78, 5) is 15.1. The van der Waals surface area contributed by atoms with Gasteiger partial charge < -0.3 is 5.11 Å². The Morgan fingerprint density at radius 2 is 2.04 bits per heavy atom. The van der Waals surface area contributed by atoms with Crippen molar-refractivity contribution < 1.29 is 9.90 Å². The van der Waals surface area contributed by atoms with Gasteiger partial charge in [0.05, 0.1) is 6.04 Å². The lowest BCUT2D eigenvalue weighted by molar-refractivity contribution is -0.142. The van der Waals surface area contributed by atoms with Gasteiger partial charge in [0.1, 0.15) is 6.04 Å². The summed E-state index contributed by atoms with van der Waals surface area (Å²) in [5.41, 5.74) is 1.13. The maximum atomic E-state index is 11.8. The Morgan fingerprint density at radius 1 is 1.20 bits per heavy atom. The van der Waals surface area contributed by atoms with Crippen LogP contribution in [-0.4, -0.2) is 28.6 Å². The summed E-state index contributed by atoms with van der Waals surface area (Å²) >= 11 is 5.32. The molecule has 0 spiro atoms. The molecule has 1 aliphatic rings. The quantitative estimate of drug-likeness (QED) is 0.627. The van der Waals surface area contributed by atoms with E-state index in [9.17, 15) is 9.90 Å². The maximum absolute atomic E-state index is 11.8. The normalized spacial score (nSPS) is 19.3. The Kier molecular flexibility index (Phi) is 4.63. The van der Waals surface area contributed by atoms with Crippen molar-refractivity contribution in [1.29, 1.82) is 0 Å². The minimum absolute atomic E-state index is 0.0292. The zero-order valence-corrected chi connectivity index (χ0v) is 16.0. The Labute approximate surface area is 159 Å². The summed E-state index contributed by atoms with van der Waals surface area (Å²) in [6.07, 6.45) is 1.64. The van der Waals surface area contributed by atoms with Crippen molar-refractivity contribution in [1.82, 2.24) is 4.90 Å². The second-order valence-corrected chi connectivity index (χ2v) is 8.41. The van der Waals surface area contributed by atoms with E-state index in [1.165, 1.54) is 15.0 Å². The summed E-state index contributed by atoms with van der Waals surface area (Å²) in [7, 11) is 0. The van der Waals surface area contributed by atoms with E-state index in [1.54, 1.807) is 11.3 Å². The predicted octanol–water partition coefficient (Wildman–Crippen LogP) is 5.30. The van der Waals surface area contributed by atoms with Crippen molar-refractivity contribution >= 4 is 43.3 Å². The summed E-state index contributed by atoms with van der Waals surface area (Å²) in [5.74, 6) is -0.724. The van der Waals surface area contributed by atoms with E-state index in [-0.39, 0.29) is 6.04 Å². The third kappa shape index (κ3) is 3.24. The number of nitrogens with zero attached hydrogens (tertiary/aromatic N) is 1. The highest BCUT2D eigenvalue weighted by Crippen LogP contribution is 2.40. The number of rotatable bonds is 4. The van der Waals surface area contributed by atoms with Gasteiger partial charge in [-0.3, -0.25) is 9.69 Å². The molecule has 4 rings (SSSR count). The molecule has 5 heteroatoms. The van der Waals surface area contributed by atoms with Gasteiger partial charge in [-0.05, 0) is 48.1 Å². The largest absolute Gasteiger partial charge is 0.480 e. The molecule has 0 radical (unpaired) electrons. The topological polar surface area (TPSA) is 40.5 Å². The van der Waals surface area contributed by atoms with Gasteiger partial charge in [-0.25, -0.2) is 0 Å². The van der Waals surface area contributed by atoms with Gasteiger partial charge in [-0.2, -0.15) is 0 Å². The predicted molar refractivity (Wildman–Crippen MR) is 105 cm³/mol. The minimum Gasteiger partial charge on any atom is -0.480 e. The number of carbonyl (C=O) groups is 1. The van der Waals surface area contributed by atoms with Crippen molar-refractivity contribution in [3.8, 4) is 0 Å². The Hall–Kier alpha value is -1.69. The Bertz CT molecular complexity index is 890. The first kappa shape index (κ1) is 16.8. The number of halogens is 1. The molecule has 3 nitrogen and oxygen atoms in total. The van der Waals surface area contributed by atoms with Gasteiger partial charge in [-0.15, -0.1) is 11.3 Å². The van der Waals surface area contributed by atoms with Gasteiger partial charge in [0.25, 0.3) is 0 Å². The van der Waals surface area contributed by atoms with Crippen LogP contribution in [0.2, 0.25) is 0 Å². The van der Waals surface area contributed by atoms with E-state index in [1.807, 2.05) is 24.3 Å². The molecule has 1 N–H and O–H groups in total. The zero-order chi connectivity index (χ0) is 17.4. The molecule has 128 valence electrons. The molecule has 1 aliphatic heterocycles. The molecule has 2 aromatic carbocycles. The molecule has 1 fully saturated rings. The maximum Gasteiger partial charge on any atom is 0.320 e. The third-order valence-corrected chi connectivity index (χ3v) is 6.45. The molecule has 2 atom stereocenters. The minimum atomic E-state index is -0.724. The lowest BCUT2D eigenvalue weighted by Gasteiger charge is -2.31. The second-order valence-electron chi connectivity index (χ2n) is 6.38. The van der Waals surface area contributed by atoms with E-state index < -0.39 is 12.0 Å². The first-order valence-electron chi connectivity index (χ1n) is 8.36. The van der Waals surface area contributed by atoms with Gasteiger partial charge >= 0.3 is 5.97 Å². The summed E-state index contributed by atoms with van der Waals surface area (Å²) < 4.78 is 2.26. The van der Waals surface area contributed by atoms with Crippen molar-refractivity contribution in [3.63, 3.8) is 0 Å². The fourth-order valence-corrected chi connectivity index (χ4v) is 5.33. The highest BCUT2D eigenvalue weighted by Gasteiger charge is 2.37. The molecular weight excluding hydrogens is 398 g/mol. The number of fused-ring (bicyclic) bond motifs is 1. The van der Waals surface area contributed by atoms with E-state index in [2.05, 4.69) is 51.2 Å². The first-order chi connectivity index (χ1) is 12.1. The van der Waals surface area contributed by atoms with Crippen LogP contribution in [0.1, 0.15) is 29.3 Å². The highest BCUT2D eigenvalue weighted by atomic mass is 79.9. The second kappa shape index (κ2) is 6.90. The van der Waals surface area contributed by atoms with Gasteiger partial charge in [0, 0.05) is 20.6 Å². The molecule has 1 aromatic heterocycles. The summed E-state index contributed by atoms with van der Waals surface area (Å²) in [6, 6.07) is 18.3. The first-order valence-corrected chi connectivity index (χ1v) is 9.97. The van der Waals surface area contributed by atoms with E-state index >= 15 is 0 Å². The van der Waals surface area contributed by atoms with E-state index in [0.717, 1.165) is 23.0 Å². The number of benzene rings is 2. The van der Waals surface area contributed by atoms with Crippen LogP contribution < -0.4 is 0 Å². The molecule has 0 aliphatic carbocycles. The van der Waals surface area contributed by atoms with Crippen LogP contribution in [0, 0.1) is 0 Å². The molecule has 0 saturated carbocycles. The average Bonchev–Trinajstić information content (AvgIpc) is 3.22. The van der Waals surface area contributed by atoms with Gasteiger partial charge in [0.15, 0.2) is 0 Å². The molecule has 3 aromatic rings. The van der Waals surface area contributed by atoms with Crippen LogP contribution in [0.5, 0.6) is 0 Å². The van der Waals surface area contributed by atoms with Gasteiger partial charge in [0.2, 0.25) is 0 Å². The smallest absolute Gasteiger partial charge is 0.320 e. The molecule has 25 heavy (non-hydrogen) atoms. The van der Waals surface area contributed by atoms with E-state index in [4.69, 9.17) is 0 Å². The van der Waals surface area contributed by atoms with Crippen LogP contribution in [0.15, 0.2) is 59.1 Å². The Morgan fingerprint density at radius 3 is 2.80 bits per heavy atom. The molecule has 0 amide bonds. The van der Waals surface area contributed by atoms with Crippen LogP contribution in [-0.2, 0) is 4.79 Å². The van der Waals surface area contributed by atoms with Crippen molar-refractivity contribution in [2.24, 2.45) is 0 Å².